The van der Waals surface area contributed by atoms with Crippen LogP contribution in [0.1, 0.15) is 45.5 Å². The topological polar surface area (TPSA) is 63.1 Å². The van der Waals surface area contributed by atoms with Crippen LogP contribution in [0.25, 0.3) is 0 Å². The minimum Gasteiger partial charge on any atom is -0.355 e. The summed E-state index contributed by atoms with van der Waals surface area (Å²) in [6.45, 7) is 9.96. The Morgan fingerprint density at radius 2 is 2.05 bits per heavy atom. The van der Waals surface area contributed by atoms with Gasteiger partial charge in [0.05, 0.1) is 0 Å². The standard InChI is InChI=1S/C15H27N5O/c1-12(2)20-11-17-18-14(20)6-7-16-15(21)13(3)10-19-8-4-5-9-19/h11-13H,4-10H2,1-3H3,(H,16,21)/t13-/m0/s1. The van der Waals surface area contributed by atoms with Crippen LogP contribution >= 0.6 is 0 Å². The van der Waals surface area contributed by atoms with E-state index >= 15 is 0 Å². The highest BCUT2D eigenvalue weighted by Crippen LogP contribution is 2.10. The van der Waals surface area contributed by atoms with E-state index in [1.807, 2.05) is 11.5 Å². The van der Waals surface area contributed by atoms with Gasteiger partial charge in [0, 0.05) is 31.5 Å². The van der Waals surface area contributed by atoms with Gasteiger partial charge in [-0.05, 0) is 39.8 Å². The highest BCUT2D eigenvalue weighted by atomic mass is 16.1. The number of hydrogen-bond acceptors (Lipinski definition) is 4. The molecule has 1 atom stereocenters. The largest absolute Gasteiger partial charge is 0.355 e. The van der Waals surface area contributed by atoms with E-state index in [0.717, 1.165) is 31.9 Å². The van der Waals surface area contributed by atoms with Gasteiger partial charge in [-0.15, -0.1) is 10.2 Å². The summed E-state index contributed by atoms with van der Waals surface area (Å²) in [7, 11) is 0. The molecule has 0 aliphatic carbocycles. The van der Waals surface area contributed by atoms with Gasteiger partial charge in [-0.2, -0.15) is 0 Å². The van der Waals surface area contributed by atoms with Crippen LogP contribution in [-0.2, 0) is 11.2 Å². The fourth-order valence-electron chi connectivity index (χ4n) is 2.78. The average molecular weight is 293 g/mol. The summed E-state index contributed by atoms with van der Waals surface area (Å²) >= 11 is 0. The number of amides is 1. The third kappa shape index (κ3) is 4.52. The van der Waals surface area contributed by atoms with Crippen molar-refractivity contribution in [1.82, 2.24) is 25.0 Å². The molecule has 2 rings (SSSR count). The quantitative estimate of drug-likeness (QED) is 0.822. The van der Waals surface area contributed by atoms with Crippen LogP contribution < -0.4 is 5.32 Å². The summed E-state index contributed by atoms with van der Waals surface area (Å²) in [6.07, 6.45) is 5.00. The van der Waals surface area contributed by atoms with Gasteiger partial charge >= 0.3 is 0 Å². The fraction of sp³-hybridized carbons (Fsp3) is 0.800. The molecule has 21 heavy (non-hydrogen) atoms. The summed E-state index contributed by atoms with van der Waals surface area (Å²) in [5, 5.41) is 11.1. The minimum atomic E-state index is 0.0473. The van der Waals surface area contributed by atoms with Crippen LogP contribution in [0.4, 0.5) is 0 Å². The predicted molar refractivity (Wildman–Crippen MR) is 82.0 cm³/mol. The van der Waals surface area contributed by atoms with Crippen molar-refractivity contribution in [3.8, 4) is 0 Å². The second-order valence-electron chi connectivity index (χ2n) is 6.20. The number of likely N-dealkylation sites (tertiary alicyclic amines) is 1. The van der Waals surface area contributed by atoms with E-state index < -0.39 is 0 Å². The Kier molecular flexibility index (Phi) is 5.73. The molecule has 0 spiro atoms. The maximum Gasteiger partial charge on any atom is 0.224 e. The molecule has 1 amide bonds. The molecule has 6 nitrogen and oxygen atoms in total. The Hall–Kier alpha value is -1.43. The molecule has 2 heterocycles. The number of aromatic nitrogens is 3. The Labute approximate surface area is 126 Å². The molecule has 1 fully saturated rings. The van der Waals surface area contributed by atoms with Crippen LogP contribution in [0.5, 0.6) is 0 Å². The Balaban J connectivity index is 1.72. The summed E-state index contributed by atoms with van der Waals surface area (Å²) in [4.78, 5) is 14.5. The van der Waals surface area contributed by atoms with E-state index in [9.17, 15) is 4.79 Å². The monoisotopic (exact) mass is 293 g/mol. The molecule has 0 saturated carbocycles. The van der Waals surface area contributed by atoms with E-state index in [1.165, 1.54) is 12.8 Å². The normalized spacial score (nSPS) is 17.3. The zero-order valence-corrected chi connectivity index (χ0v) is 13.4. The highest BCUT2D eigenvalue weighted by molar-refractivity contribution is 5.78. The first-order valence-corrected chi connectivity index (χ1v) is 7.96. The lowest BCUT2D eigenvalue weighted by Gasteiger charge is -2.19. The van der Waals surface area contributed by atoms with Gasteiger partial charge < -0.3 is 14.8 Å². The molecular formula is C15H27N5O. The minimum absolute atomic E-state index is 0.0473. The maximum absolute atomic E-state index is 12.1. The van der Waals surface area contributed by atoms with Crippen molar-refractivity contribution in [3.05, 3.63) is 12.2 Å². The highest BCUT2D eigenvalue weighted by Gasteiger charge is 2.19. The molecular weight excluding hydrogens is 266 g/mol. The lowest BCUT2D eigenvalue weighted by atomic mass is 10.1. The van der Waals surface area contributed by atoms with Crippen LogP contribution in [0.15, 0.2) is 6.33 Å². The van der Waals surface area contributed by atoms with Crippen molar-refractivity contribution in [2.24, 2.45) is 5.92 Å². The lowest BCUT2D eigenvalue weighted by molar-refractivity contribution is -0.124. The Morgan fingerprint density at radius 3 is 2.71 bits per heavy atom. The molecule has 0 radical (unpaired) electrons. The van der Waals surface area contributed by atoms with Crippen molar-refractivity contribution in [2.75, 3.05) is 26.2 Å². The molecule has 0 aromatic carbocycles. The van der Waals surface area contributed by atoms with Crippen molar-refractivity contribution in [2.45, 2.75) is 46.1 Å². The third-order valence-corrected chi connectivity index (χ3v) is 4.03. The van der Waals surface area contributed by atoms with Gasteiger partial charge in [-0.3, -0.25) is 4.79 Å². The molecule has 1 N–H and O–H groups in total. The molecule has 1 aliphatic rings. The Morgan fingerprint density at radius 1 is 1.33 bits per heavy atom. The second-order valence-corrected chi connectivity index (χ2v) is 6.20. The van der Waals surface area contributed by atoms with Crippen molar-refractivity contribution >= 4 is 5.91 Å². The molecule has 6 heteroatoms. The van der Waals surface area contributed by atoms with Crippen LogP contribution in [0, 0.1) is 5.92 Å². The van der Waals surface area contributed by atoms with Crippen molar-refractivity contribution in [3.63, 3.8) is 0 Å². The smallest absolute Gasteiger partial charge is 0.224 e. The van der Waals surface area contributed by atoms with E-state index in [2.05, 4.69) is 34.3 Å². The number of hydrogen-bond donors (Lipinski definition) is 1. The number of nitrogens with zero attached hydrogens (tertiary/aromatic N) is 4. The maximum atomic E-state index is 12.1. The van der Waals surface area contributed by atoms with Gasteiger partial charge in [0.2, 0.25) is 5.91 Å². The predicted octanol–water partition coefficient (Wildman–Crippen LogP) is 1.25. The van der Waals surface area contributed by atoms with Gasteiger partial charge in [0.25, 0.3) is 0 Å². The third-order valence-electron chi connectivity index (χ3n) is 4.03. The first-order valence-electron chi connectivity index (χ1n) is 7.96. The van der Waals surface area contributed by atoms with Gasteiger partial charge in [-0.25, -0.2) is 0 Å². The van der Waals surface area contributed by atoms with E-state index in [1.54, 1.807) is 6.33 Å². The number of carbonyl (C=O) groups excluding carboxylic acids is 1. The summed E-state index contributed by atoms with van der Waals surface area (Å²) in [6, 6.07) is 0.347. The van der Waals surface area contributed by atoms with Crippen LogP contribution in [0.3, 0.4) is 0 Å². The average Bonchev–Trinajstić information content (AvgIpc) is 3.09. The summed E-state index contributed by atoms with van der Waals surface area (Å²) in [5.41, 5.74) is 0. The van der Waals surface area contributed by atoms with Gasteiger partial charge in [-0.1, -0.05) is 6.92 Å². The second kappa shape index (κ2) is 7.54. The first-order chi connectivity index (χ1) is 10.1. The summed E-state index contributed by atoms with van der Waals surface area (Å²) in [5.74, 6) is 1.11. The zero-order chi connectivity index (χ0) is 15.2. The lowest BCUT2D eigenvalue weighted by Crippen LogP contribution is -2.37. The Bertz CT molecular complexity index is 451. The number of carbonyl (C=O) groups is 1. The molecule has 0 bridgehead atoms. The van der Waals surface area contributed by atoms with Crippen LogP contribution in [0.2, 0.25) is 0 Å². The van der Waals surface area contributed by atoms with Gasteiger partial charge in [0.1, 0.15) is 12.2 Å². The van der Waals surface area contributed by atoms with E-state index in [0.29, 0.717) is 12.6 Å². The molecule has 1 aliphatic heterocycles. The molecule has 1 saturated heterocycles. The van der Waals surface area contributed by atoms with Crippen molar-refractivity contribution in [1.29, 1.82) is 0 Å². The molecule has 0 unspecified atom stereocenters. The molecule has 1 aromatic heterocycles. The van der Waals surface area contributed by atoms with E-state index in [4.69, 9.17) is 0 Å². The molecule has 1 aromatic rings. The SMILES string of the molecule is CC(C)n1cnnc1CCNC(=O)[C@@H](C)CN1CCCC1. The van der Waals surface area contributed by atoms with E-state index in [-0.39, 0.29) is 11.8 Å². The molecule has 118 valence electrons. The van der Waals surface area contributed by atoms with Crippen molar-refractivity contribution < 1.29 is 4.79 Å². The van der Waals surface area contributed by atoms with Gasteiger partial charge in [0.15, 0.2) is 0 Å². The van der Waals surface area contributed by atoms with Crippen LogP contribution in [-0.4, -0.2) is 51.8 Å². The fourth-order valence-corrected chi connectivity index (χ4v) is 2.78. The number of rotatable bonds is 7. The number of nitrogens with one attached hydrogen (secondary N) is 1. The first kappa shape index (κ1) is 15.9. The summed E-state index contributed by atoms with van der Waals surface area (Å²) < 4.78 is 2.04. The zero-order valence-electron chi connectivity index (χ0n) is 13.4.